The molecule has 2 amide bonds. The van der Waals surface area contributed by atoms with Gasteiger partial charge >= 0.3 is 5.97 Å². The largest absolute Gasteiger partial charge is 0.479 e. The van der Waals surface area contributed by atoms with E-state index in [2.05, 4.69) is 5.32 Å². The molecule has 7 heteroatoms. The van der Waals surface area contributed by atoms with Crippen LogP contribution < -0.4 is 11.1 Å². The van der Waals surface area contributed by atoms with Gasteiger partial charge in [0.15, 0.2) is 6.10 Å². The summed E-state index contributed by atoms with van der Waals surface area (Å²) in [5.74, 6) is -1.85. The zero-order valence-electron chi connectivity index (χ0n) is 11.2. The van der Waals surface area contributed by atoms with Crippen molar-refractivity contribution in [2.45, 2.75) is 31.5 Å². The fraction of sp³-hybridized carbons (Fsp3) is 0.357. The van der Waals surface area contributed by atoms with Gasteiger partial charge < -0.3 is 20.9 Å². The normalized spacial score (nSPS) is 21.0. The van der Waals surface area contributed by atoms with E-state index in [9.17, 15) is 14.4 Å². The number of amides is 2. The van der Waals surface area contributed by atoms with Crippen molar-refractivity contribution in [3.8, 4) is 0 Å². The molecule has 0 spiro atoms. The number of aliphatic carboxylic acids is 1. The third-order valence-corrected chi connectivity index (χ3v) is 3.19. The van der Waals surface area contributed by atoms with Crippen LogP contribution in [0.2, 0.25) is 0 Å². The van der Waals surface area contributed by atoms with Gasteiger partial charge in [0.1, 0.15) is 6.10 Å². The van der Waals surface area contributed by atoms with Crippen LogP contribution in [0.15, 0.2) is 24.3 Å². The Morgan fingerprint density at radius 3 is 2.33 bits per heavy atom. The van der Waals surface area contributed by atoms with Crippen LogP contribution in [0.4, 0.5) is 5.69 Å². The Hall–Kier alpha value is -2.41. The van der Waals surface area contributed by atoms with E-state index in [-0.39, 0.29) is 12.3 Å². The van der Waals surface area contributed by atoms with Crippen LogP contribution in [-0.2, 0) is 25.5 Å². The summed E-state index contributed by atoms with van der Waals surface area (Å²) in [6.45, 7) is 0. The van der Waals surface area contributed by atoms with Crippen molar-refractivity contribution < 1.29 is 24.2 Å². The zero-order chi connectivity index (χ0) is 15.4. The number of nitrogens with one attached hydrogen (secondary N) is 1. The van der Waals surface area contributed by atoms with Crippen molar-refractivity contribution in [1.29, 1.82) is 0 Å². The lowest BCUT2D eigenvalue weighted by atomic mass is 10.1. The van der Waals surface area contributed by atoms with Gasteiger partial charge in [0.2, 0.25) is 5.91 Å². The molecule has 2 atom stereocenters. The number of carboxylic acids is 1. The number of primary amides is 1. The van der Waals surface area contributed by atoms with Crippen LogP contribution in [0.25, 0.3) is 0 Å². The highest BCUT2D eigenvalue weighted by molar-refractivity contribution is 5.94. The van der Waals surface area contributed by atoms with E-state index in [1.54, 1.807) is 24.3 Å². The van der Waals surface area contributed by atoms with Crippen molar-refractivity contribution in [3.63, 3.8) is 0 Å². The van der Waals surface area contributed by atoms with E-state index in [1.807, 2.05) is 0 Å². The molecular weight excluding hydrogens is 276 g/mol. The molecule has 1 aromatic carbocycles. The maximum atomic E-state index is 11.9. The minimum absolute atomic E-state index is 0.139. The van der Waals surface area contributed by atoms with E-state index in [0.717, 1.165) is 5.56 Å². The lowest BCUT2D eigenvalue weighted by Gasteiger charge is -2.12. The molecule has 0 radical (unpaired) electrons. The first-order valence-corrected chi connectivity index (χ1v) is 6.52. The van der Waals surface area contributed by atoms with Gasteiger partial charge in [-0.25, -0.2) is 4.79 Å². The minimum Gasteiger partial charge on any atom is -0.479 e. The number of ether oxygens (including phenoxy) is 1. The molecule has 1 fully saturated rings. The summed E-state index contributed by atoms with van der Waals surface area (Å²) in [4.78, 5) is 33.5. The van der Waals surface area contributed by atoms with Crippen molar-refractivity contribution in [2.24, 2.45) is 5.73 Å². The highest BCUT2D eigenvalue weighted by Crippen LogP contribution is 2.21. The summed E-state index contributed by atoms with van der Waals surface area (Å²) >= 11 is 0. The maximum absolute atomic E-state index is 11.9. The molecule has 1 aromatic rings. The molecule has 2 rings (SSSR count). The predicted molar refractivity (Wildman–Crippen MR) is 73.5 cm³/mol. The van der Waals surface area contributed by atoms with Gasteiger partial charge in [-0.2, -0.15) is 0 Å². The van der Waals surface area contributed by atoms with Crippen molar-refractivity contribution in [1.82, 2.24) is 0 Å². The number of carbonyl (C=O) groups excluding carboxylic acids is 2. The summed E-state index contributed by atoms with van der Waals surface area (Å²) in [5.41, 5.74) is 6.39. The molecule has 0 aromatic heterocycles. The molecule has 1 aliphatic heterocycles. The van der Waals surface area contributed by atoms with Gasteiger partial charge in [0, 0.05) is 5.69 Å². The van der Waals surface area contributed by atoms with Gasteiger partial charge in [-0.3, -0.25) is 9.59 Å². The predicted octanol–water partition coefficient (Wildman–Crippen LogP) is 0.285. The molecule has 21 heavy (non-hydrogen) atoms. The van der Waals surface area contributed by atoms with E-state index >= 15 is 0 Å². The smallest absolute Gasteiger partial charge is 0.332 e. The topological polar surface area (TPSA) is 119 Å². The number of carboxylic acid groups (broad SMARTS) is 1. The molecule has 0 bridgehead atoms. The van der Waals surface area contributed by atoms with Gasteiger partial charge in [0.25, 0.3) is 5.91 Å². The van der Waals surface area contributed by atoms with Crippen LogP contribution in [0.3, 0.4) is 0 Å². The Kier molecular flexibility index (Phi) is 4.54. The fourth-order valence-corrected chi connectivity index (χ4v) is 2.14. The standard InChI is InChI=1S/C14H16N2O5/c15-12(17)7-8-1-3-9(4-2-8)16-13(18)10-5-6-11(21-10)14(19)20/h1-4,10-11H,5-7H2,(H2,15,17)(H,16,18)(H,19,20)/t10-,11+/m0/s1. The zero-order valence-corrected chi connectivity index (χ0v) is 11.2. The quantitative estimate of drug-likeness (QED) is 0.720. The molecular formula is C14H16N2O5. The average molecular weight is 292 g/mol. The molecule has 0 unspecified atom stereocenters. The third-order valence-electron chi connectivity index (χ3n) is 3.19. The second kappa shape index (κ2) is 6.36. The molecule has 7 nitrogen and oxygen atoms in total. The lowest BCUT2D eigenvalue weighted by Crippen LogP contribution is -2.29. The Balaban J connectivity index is 1.91. The number of benzene rings is 1. The Morgan fingerprint density at radius 2 is 1.81 bits per heavy atom. The third kappa shape index (κ3) is 4.03. The van der Waals surface area contributed by atoms with Crippen LogP contribution in [0, 0.1) is 0 Å². The van der Waals surface area contributed by atoms with E-state index < -0.39 is 24.1 Å². The van der Waals surface area contributed by atoms with E-state index in [4.69, 9.17) is 15.6 Å². The first kappa shape index (κ1) is 15.0. The monoisotopic (exact) mass is 292 g/mol. The molecule has 1 saturated heterocycles. The Labute approximate surface area is 121 Å². The second-order valence-corrected chi connectivity index (χ2v) is 4.86. The number of rotatable bonds is 5. The average Bonchev–Trinajstić information content (AvgIpc) is 2.90. The summed E-state index contributed by atoms with van der Waals surface area (Å²) in [6.07, 6.45) is -0.830. The first-order chi connectivity index (χ1) is 9.95. The molecule has 0 saturated carbocycles. The van der Waals surface area contributed by atoms with Crippen LogP contribution in [-0.4, -0.2) is 35.1 Å². The number of hydrogen-bond acceptors (Lipinski definition) is 4. The number of hydrogen-bond donors (Lipinski definition) is 3. The number of nitrogens with two attached hydrogens (primary N) is 1. The molecule has 112 valence electrons. The summed E-state index contributed by atoms with van der Waals surface area (Å²) in [5, 5.41) is 11.5. The van der Waals surface area contributed by atoms with Gasteiger partial charge in [-0.05, 0) is 30.5 Å². The molecule has 1 heterocycles. The highest BCUT2D eigenvalue weighted by atomic mass is 16.5. The molecule has 0 aliphatic carbocycles. The lowest BCUT2D eigenvalue weighted by molar-refractivity contribution is -0.150. The second-order valence-electron chi connectivity index (χ2n) is 4.86. The summed E-state index contributed by atoms with van der Waals surface area (Å²) in [6, 6.07) is 6.69. The SMILES string of the molecule is NC(=O)Cc1ccc(NC(=O)[C@@H]2CC[C@H](C(=O)O)O2)cc1. The Bertz CT molecular complexity index is 555. The summed E-state index contributed by atoms with van der Waals surface area (Å²) < 4.78 is 5.16. The Morgan fingerprint density at radius 1 is 1.19 bits per heavy atom. The van der Waals surface area contributed by atoms with Crippen molar-refractivity contribution in [3.05, 3.63) is 29.8 Å². The first-order valence-electron chi connectivity index (χ1n) is 6.52. The van der Waals surface area contributed by atoms with Gasteiger partial charge in [-0.1, -0.05) is 12.1 Å². The van der Waals surface area contributed by atoms with Crippen molar-refractivity contribution >= 4 is 23.5 Å². The summed E-state index contributed by atoms with van der Waals surface area (Å²) in [7, 11) is 0. The van der Waals surface area contributed by atoms with E-state index in [1.165, 1.54) is 0 Å². The van der Waals surface area contributed by atoms with E-state index in [0.29, 0.717) is 18.5 Å². The highest BCUT2D eigenvalue weighted by Gasteiger charge is 2.34. The minimum atomic E-state index is -1.05. The van der Waals surface area contributed by atoms with Gasteiger partial charge in [-0.15, -0.1) is 0 Å². The number of anilines is 1. The fourth-order valence-electron chi connectivity index (χ4n) is 2.14. The number of carbonyl (C=O) groups is 3. The maximum Gasteiger partial charge on any atom is 0.332 e. The van der Waals surface area contributed by atoms with Crippen LogP contribution in [0.1, 0.15) is 18.4 Å². The van der Waals surface area contributed by atoms with Crippen molar-refractivity contribution in [2.75, 3.05) is 5.32 Å². The van der Waals surface area contributed by atoms with Crippen LogP contribution in [0.5, 0.6) is 0 Å². The van der Waals surface area contributed by atoms with Gasteiger partial charge in [0.05, 0.1) is 6.42 Å². The molecule has 1 aliphatic rings. The van der Waals surface area contributed by atoms with Crippen LogP contribution >= 0.6 is 0 Å². The molecule has 4 N–H and O–H groups in total.